The van der Waals surface area contributed by atoms with Crippen LogP contribution in [0.4, 0.5) is 0 Å². The summed E-state index contributed by atoms with van der Waals surface area (Å²) in [7, 11) is 0. The van der Waals surface area contributed by atoms with Crippen molar-refractivity contribution in [1.82, 2.24) is 0 Å². The first kappa shape index (κ1) is 26.0. The van der Waals surface area contributed by atoms with E-state index in [1.165, 1.54) is 88.0 Å². The van der Waals surface area contributed by atoms with E-state index in [4.69, 9.17) is 0 Å². The van der Waals surface area contributed by atoms with Gasteiger partial charge in [-0.1, -0.05) is 129 Å². The first-order valence-corrected chi connectivity index (χ1v) is 15.8. The van der Waals surface area contributed by atoms with Crippen molar-refractivity contribution in [3.8, 4) is 44.5 Å². The zero-order valence-corrected chi connectivity index (χ0v) is 25.5. The van der Waals surface area contributed by atoms with Gasteiger partial charge >= 0.3 is 0 Å². The smallest absolute Gasteiger partial charge is 0.0159 e. The highest BCUT2D eigenvalue weighted by molar-refractivity contribution is 6.11. The van der Waals surface area contributed by atoms with Gasteiger partial charge in [-0.15, -0.1) is 0 Å². The Morgan fingerprint density at radius 1 is 0.311 bits per heavy atom. The lowest BCUT2D eigenvalue weighted by Gasteiger charge is -2.22. The van der Waals surface area contributed by atoms with Crippen molar-refractivity contribution in [2.75, 3.05) is 0 Å². The summed E-state index contributed by atoms with van der Waals surface area (Å²) in [5, 5.41) is 7.71. The summed E-state index contributed by atoms with van der Waals surface area (Å²) in [6.45, 7) is 4.73. The first-order chi connectivity index (χ1) is 22.0. The van der Waals surface area contributed by atoms with Crippen LogP contribution in [0.2, 0.25) is 0 Å². The number of benzene rings is 8. The fraction of sp³-hybridized carbons (Fsp3) is 0.0667. The van der Waals surface area contributed by atoms with Gasteiger partial charge in [0.25, 0.3) is 0 Å². The molecule has 0 atom stereocenters. The van der Waals surface area contributed by atoms with Crippen molar-refractivity contribution >= 4 is 32.3 Å². The molecule has 0 amide bonds. The lowest BCUT2D eigenvalue weighted by molar-refractivity contribution is 0.661. The first-order valence-electron chi connectivity index (χ1n) is 15.8. The molecular weight excluding hydrogens is 540 g/mol. The minimum Gasteiger partial charge on any atom is -0.0622 e. The molecule has 0 aliphatic heterocycles. The molecular formula is C45H32. The van der Waals surface area contributed by atoms with Crippen LogP contribution in [0, 0.1) is 0 Å². The highest BCUT2D eigenvalue weighted by Gasteiger charge is 2.35. The molecule has 8 aromatic rings. The zero-order valence-electron chi connectivity index (χ0n) is 25.5. The van der Waals surface area contributed by atoms with E-state index in [9.17, 15) is 0 Å². The number of hydrogen-bond donors (Lipinski definition) is 0. The number of fused-ring (bicyclic) bond motifs is 7. The van der Waals surface area contributed by atoms with Crippen molar-refractivity contribution in [1.29, 1.82) is 0 Å². The third-order valence-corrected chi connectivity index (χ3v) is 10.00. The van der Waals surface area contributed by atoms with Gasteiger partial charge < -0.3 is 0 Å². The van der Waals surface area contributed by atoms with Crippen LogP contribution in [0.15, 0.2) is 158 Å². The van der Waals surface area contributed by atoms with E-state index in [1.807, 2.05) is 0 Å². The van der Waals surface area contributed by atoms with Crippen molar-refractivity contribution in [2.45, 2.75) is 19.3 Å². The van der Waals surface area contributed by atoms with Gasteiger partial charge in [-0.05, 0) is 130 Å². The summed E-state index contributed by atoms with van der Waals surface area (Å²) in [5.41, 5.74) is 12.9. The molecule has 9 rings (SSSR count). The summed E-state index contributed by atoms with van der Waals surface area (Å²) >= 11 is 0. The molecule has 0 radical (unpaired) electrons. The van der Waals surface area contributed by atoms with Crippen LogP contribution >= 0.6 is 0 Å². The van der Waals surface area contributed by atoms with Gasteiger partial charge in [0.15, 0.2) is 0 Å². The molecule has 1 aliphatic carbocycles. The maximum atomic E-state index is 2.47. The van der Waals surface area contributed by atoms with Crippen LogP contribution in [0.25, 0.3) is 76.8 Å². The summed E-state index contributed by atoms with van der Waals surface area (Å²) < 4.78 is 0. The van der Waals surface area contributed by atoms with E-state index in [-0.39, 0.29) is 5.41 Å². The minimum absolute atomic E-state index is 0.0291. The largest absolute Gasteiger partial charge is 0.0622 e. The Labute approximate surface area is 264 Å². The molecule has 0 saturated heterocycles. The molecule has 0 bridgehead atoms. The van der Waals surface area contributed by atoms with E-state index < -0.39 is 0 Å². The van der Waals surface area contributed by atoms with E-state index in [2.05, 4.69) is 172 Å². The van der Waals surface area contributed by atoms with E-state index in [1.54, 1.807) is 0 Å². The Morgan fingerprint density at radius 3 is 1.69 bits per heavy atom. The average molecular weight is 573 g/mol. The highest BCUT2D eigenvalue weighted by atomic mass is 14.4. The van der Waals surface area contributed by atoms with Gasteiger partial charge in [-0.3, -0.25) is 0 Å². The predicted octanol–water partition coefficient (Wildman–Crippen LogP) is 12.5. The third kappa shape index (κ3) is 4.14. The van der Waals surface area contributed by atoms with Gasteiger partial charge in [0.1, 0.15) is 0 Å². The molecule has 45 heavy (non-hydrogen) atoms. The third-order valence-electron chi connectivity index (χ3n) is 10.00. The lowest BCUT2D eigenvalue weighted by Crippen LogP contribution is -2.14. The number of rotatable bonds is 3. The van der Waals surface area contributed by atoms with E-state index >= 15 is 0 Å². The molecule has 0 saturated carbocycles. The van der Waals surface area contributed by atoms with Crippen molar-refractivity contribution < 1.29 is 0 Å². The summed E-state index contributed by atoms with van der Waals surface area (Å²) in [4.78, 5) is 0. The highest BCUT2D eigenvalue weighted by Crippen LogP contribution is 2.50. The van der Waals surface area contributed by atoms with Gasteiger partial charge in [0, 0.05) is 5.41 Å². The summed E-state index contributed by atoms with van der Waals surface area (Å²) in [5.74, 6) is 0. The van der Waals surface area contributed by atoms with Gasteiger partial charge in [-0.25, -0.2) is 0 Å². The molecule has 0 nitrogen and oxygen atoms in total. The Balaban J connectivity index is 1.25. The second-order valence-corrected chi connectivity index (χ2v) is 13.0. The summed E-state index contributed by atoms with van der Waals surface area (Å²) in [6, 6.07) is 58.6. The van der Waals surface area contributed by atoms with Crippen LogP contribution in [0.1, 0.15) is 25.0 Å². The summed E-state index contributed by atoms with van der Waals surface area (Å²) in [6.07, 6.45) is 0. The maximum Gasteiger partial charge on any atom is 0.0159 e. The van der Waals surface area contributed by atoms with Crippen molar-refractivity contribution in [2.24, 2.45) is 0 Å². The van der Waals surface area contributed by atoms with E-state index in [0.29, 0.717) is 0 Å². The van der Waals surface area contributed by atoms with Crippen LogP contribution < -0.4 is 0 Å². The topological polar surface area (TPSA) is 0 Å². The zero-order chi connectivity index (χ0) is 30.1. The predicted molar refractivity (Wildman–Crippen MR) is 193 cm³/mol. The van der Waals surface area contributed by atoms with Crippen LogP contribution in [-0.2, 0) is 5.41 Å². The molecule has 8 aromatic carbocycles. The quantitative estimate of drug-likeness (QED) is 0.185. The Morgan fingerprint density at radius 2 is 0.889 bits per heavy atom. The Kier molecular flexibility index (Phi) is 5.64. The molecule has 0 heterocycles. The maximum absolute atomic E-state index is 2.47. The molecule has 212 valence electrons. The fourth-order valence-corrected chi connectivity index (χ4v) is 7.56. The monoisotopic (exact) mass is 572 g/mol. The standard InChI is InChI=1S/C45H32/c1-45(2)43-15-9-8-14-39(43)42-27-35-21-18-31-17-20-34(26-40(31)41(35)28-44(42)45)38-24-36(29-10-4-3-5-11-29)23-37(25-38)33-19-16-30-12-6-7-13-32(30)22-33/h3-28H,1-2H3. The SMILES string of the molecule is CC1(C)c2ccccc2-c2cc3ccc4ccc(-c5cc(-c6ccccc6)cc(-c6ccc7ccccc7c6)c5)cc4c3cc21. The molecule has 0 unspecified atom stereocenters. The van der Waals surface area contributed by atoms with Gasteiger partial charge in [0.2, 0.25) is 0 Å². The minimum atomic E-state index is -0.0291. The molecule has 0 fully saturated rings. The van der Waals surface area contributed by atoms with Gasteiger partial charge in [0.05, 0.1) is 0 Å². The second-order valence-electron chi connectivity index (χ2n) is 13.0. The van der Waals surface area contributed by atoms with E-state index in [0.717, 1.165) is 0 Å². The number of hydrogen-bond acceptors (Lipinski definition) is 0. The second kappa shape index (κ2) is 9.78. The molecule has 1 aliphatic rings. The molecule has 0 heteroatoms. The molecule has 0 N–H and O–H groups in total. The van der Waals surface area contributed by atoms with Gasteiger partial charge in [-0.2, -0.15) is 0 Å². The molecule has 0 spiro atoms. The average Bonchev–Trinajstić information content (AvgIpc) is 3.32. The van der Waals surface area contributed by atoms with Crippen molar-refractivity contribution in [3.05, 3.63) is 169 Å². The van der Waals surface area contributed by atoms with Crippen LogP contribution in [0.3, 0.4) is 0 Å². The van der Waals surface area contributed by atoms with Crippen LogP contribution in [0.5, 0.6) is 0 Å². The van der Waals surface area contributed by atoms with Crippen LogP contribution in [-0.4, -0.2) is 0 Å². The lowest BCUT2D eigenvalue weighted by atomic mass is 9.81. The normalized spacial score (nSPS) is 13.3. The van der Waals surface area contributed by atoms with Crippen molar-refractivity contribution in [3.63, 3.8) is 0 Å². The fourth-order valence-electron chi connectivity index (χ4n) is 7.56. The Hall–Kier alpha value is -5.46. The Bertz CT molecular complexity index is 2440. The molecule has 0 aromatic heterocycles.